The topological polar surface area (TPSA) is 84.9 Å². The van der Waals surface area contributed by atoms with Gasteiger partial charge in [-0.1, -0.05) is 18.2 Å². The highest BCUT2D eigenvalue weighted by Crippen LogP contribution is 2.35. The number of nitrogens with zero attached hydrogens (tertiary/aromatic N) is 1. The SMILES string of the molecule is COc1cc(/C=C2/C(=O)NN(c3ccccc3)C2=O)cc(I)c1OC(C)=O. The molecule has 1 heterocycles. The molecule has 0 atom stereocenters. The van der Waals surface area contributed by atoms with Gasteiger partial charge in [-0.25, -0.2) is 5.01 Å². The van der Waals surface area contributed by atoms with Crippen LogP contribution in [0.2, 0.25) is 0 Å². The Labute approximate surface area is 169 Å². The zero-order chi connectivity index (χ0) is 19.6. The van der Waals surface area contributed by atoms with Crippen LogP contribution in [0, 0.1) is 3.57 Å². The van der Waals surface area contributed by atoms with Crippen LogP contribution in [0.3, 0.4) is 0 Å². The molecule has 3 rings (SSSR count). The van der Waals surface area contributed by atoms with E-state index in [0.29, 0.717) is 26.3 Å². The molecule has 1 fully saturated rings. The molecule has 27 heavy (non-hydrogen) atoms. The summed E-state index contributed by atoms with van der Waals surface area (Å²) in [4.78, 5) is 36.2. The number of ether oxygens (including phenoxy) is 2. The van der Waals surface area contributed by atoms with E-state index in [4.69, 9.17) is 9.47 Å². The van der Waals surface area contributed by atoms with Crippen LogP contribution in [0.25, 0.3) is 6.08 Å². The van der Waals surface area contributed by atoms with Crippen LogP contribution >= 0.6 is 22.6 Å². The van der Waals surface area contributed by atoms with E-state index in [2.05, 4.69) is 5.43 Å². The first-order valence-electron chi connectivity index (χ1n) is 7.89. The van der Waals surface area contributed by atoms with Crippen molar-refractivity contribution < 1.29 is 23.9 Å². The normalized spacial score (nSPS) is 15.1. The lowest BCUT2D eigenvalue weighted by Gasteiger charge is -2.14. The summed E-state index contributed by atoms with van der Waals surface area (Å²) in [6, 6.07) is 12.1. The Bertz CT molecular complexity index is 956. The lowest BCUT2D eigenvalue weighted by Crippen LogP contribution is -2.35. The summed E-state index contributed by atoms with van der Waals surface area (Å²) >= 11 is 2.00. The number of amides is 2. The Morgan fingerprint density at radius 3 is 2.52 bits per heavy atom. The van der Waals surface area contributed by atoms with Crippen molar-refractivity contribution in [2.75, 3.05) is 12.1 Å². The average molecular weight is 478 g/mol. The molecular weight excluding hydrogens is 463 g/mol. The van der Waals surface area contributed by atoms with Crippen LogP contribution in [-0.4, -0.2) is 24.9 Å². The summed E-state index contributed by atoms with van der Waals surface area (Å²) in [5.41, 5.74) is 3.68. The number of hydrogen-bond acceptors (Lipinski definition) is 5. The highest BCUT2D eigenvalue weighted by Gasteiger charge is 2.34. The number of carbonyl (C=O) groups excluding carboxylic acids is 3. The zero-order valence-electron chi connectivity index (χ0n) is 14.5. The lowest BCUT2D eigenvalue weighted by molar-refractivity contribution is -0.132. The molecular formula is C19H15IN2O5. The van der Waals surface area contributed by atoms with Crippen molar-refractivity contribution in [1.82, 2.24) is 5.43 Å². The van der Waals surface area contributed by atoms with Gasteiger partial charge < -0.3 is 9.47 Å². The van der Waals surface area contributed by atoms with Crippen LogP contribution in [0.5, 0.6) is 11.5 Å². The van der Waals surface area contributed by atoms with Crippen molar-refractivity contribution in [1.29, 1.82) is 0 Å². The minimum absolute atomic E-state index is 0.00283. The molecule has 2 aromatic rings. The van der Waals surface area contributed by atoms with Crippen LogP contribution in [0.1, 0.15) is 12.5 Å². The number of esters is 1. The number of anilines is 1. The number of methoxy groups -OCH3 is 1. The Kier molecular flexibility index (Phi) is 5.45. The minimum Gasteiger partial charge on any atom is -0.493 e. The Balaban J connectivity index is 1.96. The standard InChI is InChI=1S/C19H15IN2O5/c1-11(23)27-17-15(20)9-12(10-16(17)26-2)8-14-18(24)21-22(19(14)25)13-6-4-3-5-7-13/h3-10H,1-2H3,(H,21,24)/b14-8-. The summed E-state index contributed by atoms with van der Waals surface area (Å²) in [5, 5.41) is 1.20. The second kappa shape index (κ2) is 7.78. The first-order chi connectivity index (χ1) is 12.9. The number of nitrogens with one attached hydrogen (secondary N) is 1. The van der Waals surface area contributed by atoms with Gasteiger partial charge in [0.05, 0.1) is 16.4 Å². The van der Waals surface area contributed by atoms with Gasteiger partial charge in [-0.15, -0.1) is 0 Å². The predicted molar refractivity (Wildman–Crippen MR) is 107 cm³/mol. The van der Waals surface area contributed by atoms with Gasteiger partial charge in [0.2, 0.25) is 0 Å². The first-order valence-corrected chi connectivity index (χ1v) is 8.96. The van der Waals surface area contributed by atoms with E-state index in [1.54, 1.807) is 36.4 Å². The van der Waals surface area contributed by atoms with E-state index < -0.39 is 17.8 Å². The van der Waals surface area contributed by atoms with E-state index in [1.807, 2.05) is 28.7 Å². The fourth-order valence-electron chi connectivity index (χ4n) is 2.55. The maximum Gasteiger partial charge on any atom is 0.308 e. The molecule has 0 aliphatic carbocycles. The molecule has 1 N–H and O–H groups in total. The van der Waals surface area contributed by atoms with E-state index in [-0.39, 0.29) is 5.57 Å². The van der Waals surface area contributed by atoms with Crippen molar-refractivity contribution in [3.63, 3.8) is 0 Å². The van der Waals surface area contributed by atoms with Crippen molar-refractivity contribution in [3.05, 3.63) is 57.2 Å². The number of benzene rings is 2. The molecule has 0 unspecified atom stereocenters. The van der Waals surface area contributed by atoms with Crippen LogP contribution < -0.4 is 19.9 Å². The predicted octanol–water partition coefficient (Wildman–Crippen LogP) is 2.69. The zero-order valence-corrected chi connectivity index (χ0v) is 16.6. The molecule has 0 bridgehead atoms. The molecule has 2 aromatic carbocycles. The second-order valence-corrected chi connectivity index (χ2v) is 6.76. The molecule has 2 amide bonds. The van der Waals surface area contributed by atoms with Crippen molar-refractivity contribution in [2.24, 2.45) is 0 Å². The van der Waals surface area contributed by atoms with Crippen LogP contribution in [0.4, 0.5) is 5.69 Å². The molecule has 0 aromatic heterocycles. The number of rotatable bonds is 4. The number of halogens is 1. The molecule has 0 spiro atoms. The lowest BCUT2D eigenvalue weighted by atomic mass is 10.1. The Hall–Kier alpha value is -2.88. The van der Waals surface area contributed by atoms with Gasteiger partial charge in [0.25, 0.3) is 11.8 Å². The smallest absolute Gasteiger partial charge is 0.308 e. The molecule has 0 radical (unpaired) electrons. The quantitative estimate of drug-likeness (QED) is 0.240. The van der Waals surface area contributed by atoms with E-state index in [0.717, 1.165) is 0 Å². The Morgan fingerprint density at radius 2 is 1.89 bits per heavy atom. The van der Waals surface area contributed by atoms with Crippen LogP contribution in [0.15, 0.2) is 48.0 Å². The molecule has 0 saturated carbocycles. The third-order valence-corrected chi connectivity index (χ3v) is 4.52. The summed E-state index contributed by atoms with van der Waals surface area (Å²) in [5.74, 6) is -0.803. The minimum atomic E-state index is -0.498. The van der Waals surface area contributed by atoms with E-state index in [9.17, 15) is 14.4 Å². The fourth-order valence-corrected chi connectivity index (χ4v) is 3.28. The van der Waals surface area contributed by atoms with Gasteiger partial charge in [0.1, 0.15) is 5.57 Å². The molecule has 1 saturated heterocycles. The van der Waals surface area contributed by atoms with Crippen molar-refractivity contribution >= 4 is 52.1 Å². The van der Waals surface area contributed by atoms with E-state index in [1.165, 1.54) is 25.1 Å². The maximum absolute atomic E-state index is 12.6. The number of carbonyl (C=O) groups is 3. The van der Waals surface area contributed by atoms with Gasteiger partial charge >= 0.3 is 5.97 Å². The molecule has 7 nitrogen and oxygen atoms in total. The summed E-state index contributed by atoms with van der Waals surface area (Å²) in [6.45, 7) is 1.30. The van der Waals surface area contributed by atoms with Gasteiger partial charge in [-0.05, 0) is 58.5 Å². The van der Waals surface area contributed by atoms with Gasteiger partial charge in [0, 0.05) is 6.92 Å². The number of hydrazine groups is 1. The first kappa shape index (κ1) is 18.9. The van der Waals surface area contributed by atoms with Gasteiger partial charge in [-0.2, -0.15) is 0 Å². The van der Waals surface area contributed by atoms with E-state index >= 15 is 0 Å². The Morgan fingerprint density at radius 1 is 1.19 bits per heavy atom. The van der Waals surface area contributed by atoms with Crippen LogP contribution in [-0.2, 0) is 14.4 Å². The van der Waals surface area contributed by atoms with Crippen molar-refractivity contribution in [3.8, 4) is 11.5 Å². The monoisotopic (exact) mass is 478 g/mol. The van der Waals surface area contributed by atoms with Gasteiger partial charge in [-0.3, -0.25) is 19.8 Å². The van der Waals surface area contributed by atoms with Crippen molar-refractivity contribution in [2.45, 2.75) is 6.92 Å². The third kappa shape index (κ3) is 3.95. The number of para-hydroxylation sites is 1. The largest absolute Gasteiger partial charge is 0.493 e. The fraction of sp³-hybridized carbons (Fsp3) is 0.105. The second-order valence-electron chi connectivity index (χ2n) is 5.60. The van der Waals surface area contributed by atoms with Gasteiger partial charge in [0.15, 0.2) is 11.5 Å². The molecule has 1 aliphatic rings. The highest BCUT2D eigenvalue weighted by molar-refractivity contribution is 14.1. The highest BCUT2D eigenvalue weighted by atomic mass is 127. The summed E-state index contributed by atoms with van der Waals surface area (Å²) in [6.07, 6.45) is 1.48. The average Bonchev–Trinajstić information content (AvgIpc) is 2.92. The summed E-state index contributed by atoms with van der Waals surface area (Å²) in [7, 11) is 1.44. The molecule has 8 heteroatoms. The third-order valence-electron chi connectivity index (χ3n) is 3.71. The number of hydrogen-bond donors (Lipinski definition) is 1. The molecule has 1 aliphatic heterocycles. The maximum atomic E-state index is 12.6. The summed E-state index contributed by atoms with van der Waals surface area (Å²) < 4.78 is 11.0. The molecule has 138 valence electrons.